The van der Waals surface area contributed by atoms with E-state index in [0.29, 0.717) is 12.3 Å². The van der Waals surface area contributed by atoms with E-state index in [0.717, 1.165) is 5.56 Å². The van der Waals surface area contributed by atoms with Gasteiger partial charge in [-0.25, -0.2) is 4.98 Å². The van der Waals surface area contributed by atoms with Gasteiger partial charge >= 0.3 is 0 Å². The Morgan fingerprint density at radius 2 is 2.50 bits per heavy atom. The fraction of sp³-hybridized carbons (Fsp3) is 0.444. The van der Waals surface area contributed by atoms with Crippen molar-refractivity contribution in [3.8, 4) is 5.88 Å². The van der Waals surface area contributed by atoms with Gasteiger partial charge in [0.15, 0.2) is 0 Å². The molecule has 2 heterocycles. The lowest BCUT2D eigenvalue weighted by atomic mass is 10.0. The van der Waals surface area contributed by atoms with Gasteiger partial charge in [0.1, 0.15) is 6.10 Å². The normalized spacial score (nSPS) is 27.5. The molecule has 0 saturated carbocycles. The standard InChI is InChI=1S/C9H11NO2/c1-6-5-8(11)7-3-2-4-10-9(7)12-6/h2-4,6,8,11H,5H2,1H3. The van der Waals surface area contributed by atoms with Gasteiger partial charge in [-0.2, -0.15) is 0 Å². The molecule has 2 rings (SSSR count). The van der Waals surface area contributed by atoms with Gasteiger partial charge < -0.3 is 9.84 Å². The number of fused-ring (bicyclic) bond motifs is 1. The summed E-state index contributed by atoms with van der Waals surface area (Å²) < 4.78 is 5.43. The second-order valence-electron chi connectivity index (χ2n) is 3.08. The van der Waals surface area contributed by atoms with E-state index in [2.05, 4.69) is 4.98 Å². The average Bonchev–Trinajstić information content (AvgIpc) is 2.04. The van der Waals surface area contributed by atoms with E-state index in [-0.39, 0.29) is 6.10 Å². The predicted octanol–water partition coefficient (Wildman–Crippen LogP) is 1.29. The van der Waals surface area contributed by atoms with Crippen LogP contribution in [-0.2, 0) is 0 Å². The Bertz CT molecular complexity index is 288. The lowest BCUT2D eigenvalue weighted by Gasteiger charge is -2.25. The molecule has 1 aliphatic heterocycles. The molecule has 1 N–H and O–H groups in total. The van der Waals surface area contributed by atoms with Crippen molar-refractivity contribution in [2.45, 2.75) is 25.6 Å². The number of hydrogen-bond donors (Lipinski definition) is 1. The maximum absolute atomic E-state index is 9.61. The zero-order valence-electron chi connectivity index (χ0n) is 6.90. The van der Waals surface area contributed by atoms with Gasteiger partial charge in [-0.1, -0.05) is 0 Å². The van der Waals surface area contributed by atoms with E-state index < -0.39 is 6.10 Å². The summed E-state index contributed by atoms with van der Waals surface area (Å²) in [5.74, 6) is 0.573. The molecule has 2 unspecified atom stereocenters. The first-order valence-corrected chi connectivity index (χ1v) is 4.07. The Kier molecular flexibility index (Phi) is 1.73. The molecule has 64 valence electrons. The molecule has 0 aliphatic carbocycles. The number of aliphatic hydroxyl groups excluding tert-OH is 1. The predicted molar refractivity (Wildman–Crippen MR) is 43.9 cm³/mol. The Morgan fingerprint density at radius 3 is 3.33 bits per heavy atom. The summed E-state index contributed by atoms with van der Waals surface area (Å²) in [5.41, 5.74) is 0.801. The lowest BCUT2D eigenvalue weighted by Crippen LogP contribution is -2.23. The van der Waals surface area contributed by atoms with Crippen molar-refractivity contribution in [3.63, 3.8) is 0 Å². The van der Waals surface area contributed by atoms with Crippen molar-refractivity contribution >= 4 is 0 Å². The van der Waals surface area contributed by atoms with Gasteiger partial charge in [-0.3, -0.25) is 0 Å². The largest absolute Gasteiger partial charge is 0.474 e. The maximum Gasteiger partial charge on any atom is 0.219 e. The Balaban J connectivity index is 2.40. The monoisotopic (exact) mass is 165 g/mol. The Labute approximate surface area is 71.0 Å². The van der Waals surface area contributed by atoms with Crippen molar-refractivity contribution in [3.05, 3.63) is 23.9 Å². The van der Waals surface area contributed by atoms with Crippen molar-refractivity contribution in [1.82, 2.24) is 4.98 Å². The highest BCUT2D eigenvalue weighted by Crippen LogP contribution is 2.31. The molecule has 3 nitrogen and oxygen atoms in total. The zero-order chi connectivity index (χ0) is 8.55. The van der Waals surface area contributed by atoms with Crippen LogP contribution < -0.4 is 4.74 Å². The van der Waals surface area contributed by atoms with Gasteiger partial charge in [0.2, 0.25) is 5.88 Å². The van der Waals surface area contributed by atoms with Gasteiger partial charge in [0.05, 0.1) is 6.10 Å². The first-order chi connectivity index (χ1) is 5.77. The van der Waals surface area contributed by atoms with Crippen molar-refractivity contribution in [2.24, 2.45) is 0 Å². The van der Waals surface area contributed by atoms with Crippen LogP contribution in [0.2, 0.25) is 0 Å². The van der Waals surface area contributed by atoms with Crippen LogP contribution in [0.15, 0.2) is 18.3 Å². The highest BCUT2D eigenvalue weighted by atomic mass is 16.5. The molecular weight excluding hydrogens is 154 g/mol. The van der Waals surface area contributed by atoms with Gasteiger partial charge in [-0.15, -0.1) is 0 Å². The van der Waals surface area contributed by atoms with Gasteiger partial charge in [-0.05, 0) is 19.1 Å². The lowest BCUT2D eigenvalue weighted by molar-refractivity contribution is 0.0708. The molecule has 3 heteroatoms. The van der Waals surface area contributed by atoms with E-state index in [1.807, 2.05) is 13.0 Å². The number of hydrogen-bond acceptors (Lipinski definition) is 3. The second kappa shape index (κ2) is 2.75. The maximum atomic E-state index is 9.61. The molecule has 0 radical (unpaired) electrons. The fourth-order valence-corrected chi connectivity index (χ4v) is 1.44. The molecule has 1 aromatic heterocycles. The summed E-state index contributed by atoms with van der Waals surface area (Å²) in [6, 6.07) is 3.65. The molecule has 0 saturated heterocycles. The van der Waals surface area contributed by atoms with Crippen LogP contribution in [0.3, 0.4) is 0 Å². The minimum Gasteiger partial charge on any atom is -0.474 e. The number of aromatic nitrogens is 1. The molecule has 0 spiro atoms. The number of nitrogens with zero attached hydrogens (tertiary/aromatic N) is 1. The molecule has 0 aromatic carbocycles. The van der Waals surface area contributed by atoms with E-state index in [4.69, 9.17) is 4.74 Å². The molecule has 1 aromatic rings. The first-order valence-electron chi connectivity index (χ1n) is 4.07. The third-order valence-corrected chi connectivity index (χ3v) is 2.03. The summed E-state index contributed by atoms with van der Waals surface area (Å²) in [6.07, 6.45) is 1.96. The van der Waals surface area contributed by atoms with Crippen molar-refractivity contribution < 1.29 is 9.84 Å². The third kappa shape index (κ3) is 1.16. The van der Waals surface area contributed by atoms with Crippen LogP contribution in [0.1, 0.15) is 25.0 Å². The van der Waals surface area contributed by atoms with E-state index in [1.165, 1.54) is 0 Å². The number of ether oxygens (including phenoxy) is 1. The van der Waals surface area contributed by atoms with E-state index in [9.17, 15) is 5.11 Å². The highest BCUT2D eigenvalue weighted by molar-refractivity contribution is 5.29. The second-order valence-corrected chi connectivity index (χ2v) is 3.08. The fourth-order valence-electron chi connectivity index (χ4n) is 1.44. The van der Waals surface area contributed by atoms with Crippen molar-refractivity contribution in [1.29, 1.82) is 0 Å². The zero-order valence-corrected chi connectivity index (χ0v) is 6.90. The topological polar surface area (TPSA) is 42.4 Å². The van der Waals surface area contributed by atoms with Gasteiger partial charge in [0.25, 0.3) is 0 Å². The number of pyridine rings is 1. The molecule has 0 amide bonds. The minimum absolute atomic E-state index is 0.0578. The molecule has 0 fully saturated rings. The quantitative estimate of drug-likeness (QED) is 0.629. The SMILES string of the molecule is CC1CC(O)c2cccnc2O1. The van der Waals surface area contributed by atoms with E-state index in [1.54, 1.807) is 12.3 Å². The third-order valence-electron chi connectivity index (χ3n) is 2.03. The van der Waals surface area contributed by atoms with Gasteiger partial charge in [0, 0.05) is 18.2 Å². The molecular formula is C9H11NO2. The van der Waals surface area contributed by atoms with Crippen LogP contribution in [0.4, 0.5) is 0 Å². The van der Waals surface area contributed by atoms with Crippen molar-refractivity contribution in [2.75, 3.05) is 0 Å². The molecule has 0 bridgehead atoms. The van der Waals surface area contributed by atoms with Crippen LogP contribution >= 0.6 is 0 Å². The average molecular weight is 165 g/mol. The summed E-state index contributed by atoms with van der Waals surface area (Å²) in [6.45, 7) is 1.93. The van der Waals surface area contributed by atoms with Crippen LogP contribution in [-0.4, -0.2) is 16.2 Å². The minimum atomic E-state index is -0.419. The van der Waals surface area contributed by atoms with Crippen LogP contribution in [0, 0.1) is 0 Å². The summed E-state index contributed by atoms with van der Waals surface area (Å²) in [7, 11) is 0. The van der Waals surface area contributed by atoms with E-state index >= 15 is 0 Å². The molecule has 1 aliphatic rings. The molecule has 12 heavy (non-hydrogen) atoms. The Morgan fingerprint density at radius 1 is 1.67 bits per heavy atom. The number of aliphatic hydroxyl groups is 1. The summed E-state index contributed by atoms with van der Waals surface area (Å²) in [5, 5.41) is 9.61. The Hall–Kier alpha value is -1.09. The van der Waals surface area contributed by atoms with Crippen LogP contribution in [0.25, 0.3) is 0 Å². The van der Waals surface area contributed by atoms with Crippen LogP contribution in [0.5, 0.6) is 5.88 Å². The smallest absolute Gasteiger partial charge is 0.219 e. The first kappa shape index (κ1) is 7.55. The number of rotatable bonds is 0. The highest BCUT2D eigenvalue weighted by Gasteiger charge is 2.24. The summed E-state index contributed by atoms with van der Waals surface area (Å²) in [4.78, 5) is 4.04. The molecule has 2 atom stereocenters. The summed E-state index contributed by atoms with van der Waals surface area (Å²) >= 11 is 0.